The van der Waals surface area contributed by atoms with Gasteiger partial charge in [0.05, 0.1) is 5.60 Å². The topological polar surface area (TPSA) is 20.2 Å². The fourth-order valence-electron chi connectivity index (χ4n) is 9.19. The van der Waals surface area contributed by atoms with Crippen molar-refractivity contribution < 1.29 is 5.11 Å². The Kier molecular flexibility index (Phi) is 5.98. The lowest BCUT2D eigenvalue weighted by Gasteiger charge is -2.59. The molecule has 4 rings (SSSR count). The molecule has 0 aromatic heterocycles. The lowest BCUT2D eigenvalue weighted by Crippen LogP contribution is -2.54. The first-order valence-corrected chi connectivity index (χ1v) is 13.0. The van der Waals surface area contributed by atoms with Crippen LogP contribution in [0.15, 0.2) is 0 Å². The van der Waals surface area contributed by atoms with E-state index in [9.17, 15) is 5.11 Å². The second kappa shape index (κ2) is 7.90. The van der Waals surface area contributed by atoms with E-state index in [-0.39, 0.29) is 0 Å². The van der Waals surface area contributed by atoms with Crippen LogP contribution in [0.2, 0.25) is 0 Å². The van der Waals surface area contributed by atoms with Gasteiger partial charge in [0, 0.05) is 0 Å². The molecule has 162 valence electrons. The summed E-state index contributed by atoms with van der Waals surface area (Å²) in [6.45, 7) is 12.1. The Morgan fingerprint density at radius 2 is 1.57 bits per heavy atom. The molecule has 28 heavy (non-hydrogen) atoms. The molecule has 0 aromatic carbocycles. The molecule has 4 saturated carbocycles. The van der Waals surface area contributed by atoms with Gasteiger partial charge in [0.2, 0.25) is 0 Å². The van der Waals surface area contributed by atoms with Crippen LogP contribution < -0.4 is 0 Å². The molecule has 0 saturated heterocycles. The van der Waals surface area contributed by atoms with Crippen LogP contribution in [0.4, 0.5) is 0 Å². The number of hydrogen-bond donors (Lipinski definition) is 1. The van der Waals surface area contributed by atoms with E-state index in [4.69, 9.17) is 0 Å². The zero-order valence-electron chi connectivity index (χ0n) is 19.6. The minimum Gasteiger partial charge on any atom is -0.390 e. The normalized spacial score (nSPS) is 51.9. The number of fused-ring (bicyclic) bond motifs is 5. The minimum absolute atomic E-state index is 0.415. The third-order valence-electron chi connectivity index (χ3n) is 11.1. The van der Waals surface area contributed by atoms with E-state index in [0.29, 0.717) is 11.3 Å². The first-order valence-electron chi connectivity index (χ1n) is 13.0. The Hall–Kier alpha value is -0.0400. The van der Waals surface area contributed by atoms with E-state index in [1.54, 1.807) is 0 Å². The molecule has 1 heteroatoms. The van der Waals surface area contributed by atoms with Crippen molar-refractivity contribution in [1.82, 2.24) is 0 Å². The average molecular weight is 389 g/mol. The van der Waals surface area contributed by atoms with E-state index in [1.807, 2.05) is 0 Å². The summed E-state index contributed by atoms with van der Waals surface area (Å²) in [5.74, 6) is 7.09. The van der Waals surface area contributed by atoms with Crippen molar-refractivity contribution >= 4 is 0 Å². The summed E-state index contributed by atoms with van der Waals surface area (Å²) in [7, 11) is 0. The quantitative estimate of drug-likeness (QED) is 0.484. The number of aliphatic hydroxyl groups is 1. The van der Waals surface area contributed by atoms with Gasteiger partial charge in [-0.15, -0.1) is 0 Å². The van der Waals surface area contributed by atoms with E-state index in [1.165, 1.54) is 70.6 Å². The third kappa shape index (κ3) is 3.40. The van der Waals surface area contributed by atoms with E-state index in [2.05, 4.69) is 34.6 Å². The number of hydrogen-bond acceptors (Lipinski definition) is 1. The fourth-order valence-corrected chi connectivity index (χ4v) is 9.19. The maximum Gasteiger partial charge on any atom is 0.0648 e. The van der Waals surface area contributed by atoms with E-state index in [0.717, 1.165) is 47.8 Å². The molecule has 4 aliphatic carbocycles. The van der Waals surface area contributed by atoms with Crippen molar-refractivity contribution in [1.29, 1.82) is 0 Å². The summed E-state index contributed by atoms with van der Waals surface area (Å²) >= 11 is 0. The Morgan fingerprint density at radius 3 is 2.32 bits per heavy atom. The Labute approximate surface area is 175 Å². The summed E-state index contributed by atoms with van der Waals surface area (Å²) in [4.78, 5) is 0. The lowest BCUT2D eigenvalue weighted by molar-refractivity contribution is -0.138. The second-order valence-electron chi connectivity index (χ2n) is 12.2. The molecule has 1 nitrogen and oxygen atoms in total. The van der Waals surface area contributed by atoms with Gasteiger partial charge in [-0.3, -0.25) is 0 Å². The highest BCUT2D eigenvalue weighted by atomic mass is 16.3. The van der Waals surface area contributed by atoms with Gasteiger partial charge in [-0.25, -0.2) is 0 Å². The van der Waals surface area contributed by atoms with Gasteiger partial charge < -0.3 is 5.11 Å². The van der Waals surface area contributed by atoms with Crippen LogP contribution in [0.1, 0.15) is 112 Å². The molecule has 0 aliphatic heterocycles. The molecule has 0 amide bonds. The van der Waals surface area contributed by atoms with Crippen LogP contribution in [-0.2, 0) is 0 Å². The van der Waals surface area contributed by atoms with Gasteiger partial charge in [0.25, 0.3) is 0 Å². The van der Waals surface area contributed by atoms with Gasteiger partial charge in [0.1, 0.15) is 0 Å². The highest BCUT2D eigenvalue weighted by Gasteiger charge is 2.59. The highest BCUT2D eigenvalue weighted by Crippen LogP contribution is 2.66. The molecule has 10 unspecified atom stereocenters. The standard InChI is InChI=1S/C27H48O/c1-6-7-8-9-18(2)20-14-16-26(4)24(20)13-11-23-22-15-17-27(5,28)19(3)21(22)10-12-25(23)26/h18-25,28H,6-17H2,1-5H3. The van der Waals surface area contributed by atoms with Crippen LogP contribution in [-0.4, -0.2) is 10.7 Å². The van der Waals surface area contributed by atoms with Crippen LogP contribution in [0.3, 0.4) is 0 Å². The minimum atomic E-state index is -0.415. The van der Waals surface area contributed by atoms with Crippen molar-refractivity contribution in [2.45, 2.75) is 117 Å². The maximum atomic E-state index is 10.9. The number of rotatable bonds is 5. The SMILES string of the molecule is CCCCCC(C)C1CCC2(C)C1CCC1C3CCC(C)(O)C(C)C3CCC12. The molecule has 0 aromatic rings. The van der Waals surface area contributed by atoms with Crippen LogP contribution in [0.5, 0.6) is 0 Å². The predicted molar refractivity (Wildman–Crippen MR) is 119 cm³/mol. The molecule has 0 radical (unpaired) electrons. The molecular weight excluding hydrogens is 340 g/mol. The molecule has 4 fully saturated rings. The molecule has 10 atom stereocenters. The zero-order valence-corrected chi connectivity index (χ0v) is 19.6. The molecule has 0 bridgehead atoms. The van der Waals surface area contributed by atoms with Crippen molar-refractivity contribution in [3.8, 4) is 0 Å². The van der Waals surface area contributed by atoms with Crippen molar-refractivity contribution in [2.75, 3.05) is 0 Å². The molecule has 1 N–H and O–H groups in total. The second-order valence-corrected chi connectivity index (χ2v) is 12.2. The lowest BCUT2D eigenvalue weighted by atomic mass is 9.46. The van der Waals surface area contributed by atoms with E-state index < -0.39 is 5.60 Å². The summed E-state index contributed by atoms with van der Waals surface area (Å²) in [5, 5.41) is 10.9. The smallest absolute Gasteiger partial charge is 0.0648 e. The van der Waals surface area contributed by atoms with Gasteiger partial charge in [-0.05, 0) is 111 Å². The van der Waals surface area contributed by atoms with Crippen LogP contribution in [0, 0.1) is 52.8 Å². The fraction of sp³-hybridized carbons (Fsp3) is 1.00. The van der Waals surface area contributed by atoms with Gasteiger partial charge in [-0.2, -0.15) is 0 Å². The highest BCUT2D eigenvalue weighted by molar-refractivity contribution is 5.08. The van der Waals surface area contributed by atoms with Crippen molar-refractivity contribution in [3.05, 3.63) is 0 Å². The summed E-state index contributed by atoms with van der Waals surface area (Å²) in [5.41, 5.74) is 0.211. The summed E-state index contributed by atoms with van der Waals surface area (Å²) in [6.07, 6.45) is 16.9. The molecule has 4 aliphatic rings. The monoisotopic (exact) mass is 388 g/mol. The number of unbranched alkanes of at least 4 members (excludes halogenated alkanes) is 2. The van der Waals surface area contributed by atoms with E-state index >= 15 is 0 Å². The Balaban J connectivity index is 1.47. The molecule has 0 spiro atoms. The Bertz CT molecular complexity index is 538. The first-order chi connectivity index (χ1) is 13.3. The van der Waals surface area contributed by atoms with Crippen molar-refractivity contribution in [3.63, 3.8) is 0 Å². The zero-order chi connectivity index (χ0) is 20.1. The van der Waals surface area contributed by atoms with Crippen LogP contribution >= 0.6 is 0 Å². The van der Waals surface area contributed by atoms with Crippen molar-refractivity contribution in [2.24, 2.45) is 52.8 Å². The third-order valence-corrected chi connectivity index (χ3v) is 11.1. The molecular formula is C27H48O. The first kappa shape index (κ1) is 21.2. The van der Waals surface area contributed by atoms with Gasteiger partial charge in [-0.1, -0.05) is 53.4 Å². The van der Waals surface area contributed by atoms with Crippen LogP contribution in [0.25, 0.3) is 0 Å². The maximum absolute atomic E-state index is 10.9. The van der Waals surface area contributed by atoms with Gasteiger partial charge >= 0.3 is 0 Å². The van der Waals surface area contributed by atoms with Gasteiger partial charge in [0.15, 0.2) is 0 Å². The summed E-state index contributed by atoms with van der Waals surface area (Å²) < 4.78 is 0. The largest absolute Gasteiger partial charge is 0.390 e. The summed E-state index contributed by atoms with van der Waals surface area (Å²) in [6, 6.07) is 0. The molecule has 0 heterocycles. The predicted octanol–water partition coefficient (Wildman–Crippen LogP) is 7.47. The Morgan fingerprint density at radius 1 is 0.857 bits per heavy atom. The average Bonchev–Trinajstić information content (AvgIpc) is 3.02.